The van der Waals surface area contributed by atoms with Crippen LogP contribution in [-0.2, 0) is 11.2 Å². The highest BCUT2D eigenvalue weighted by Gasteiger charge is 2.16. The van der Waals surface area contributed by atoms with E-state index in [0.717, 1.165) is 6.07 Å². The number of halogens is 2. The van der Waals surface area contributed by atoms with Crippen LogP contribution >= 0.6 is 11.6 Å². The van der Waals surface area contributed by atoms with Crippen LogP contribution in [0.15, 0.2) is 42.5 Å². The Morgan fingerprint density at radius 1 is 1.21 bits per heavy atom. The fourth-order valence-corrected chi connectivity index (χ4v) is 2.68. The van der Waals surface area contributed by atoms with Crippen molar-refractivity contribution in [2.24, 2.45) is 0 Å². The number of carboxylic acid groups (broad SMARTS) is 1. The second-order valence-corrected chi connectivity index (χ2v) is 5.57. The third kappa shape index (κ3) is 3.09. The van der Waals surface area contributed by atoms with Crippen LogP contribution in [0.3, 0.4) is 0 Å². The van der Waals surface area contributed by atoms with E-state index in [2.05, 4.69) is 10.3 Å². The molecule has 1 heterocycles. The molecule has 0 spiro atoms. The molecule has 0 saturated heterocycles. The van der Waals surface area contributed by atoms with Crippen molar-refractivity contribution in [1.29, 1.82) is 0 Å². The van der Waals surface area contributed by atoms with Crippen LogP contribution in [0.5, 0.6) is 0 Å². The smallest absolute Gasteiger partial charge is 0.228 e. The van der Waals surface area contributed by atoms with Crippen LogP contribution in [-0.4, -0.2) is 16.9 Å². The van der Waals surface area contributed by atoms with Crippen LogP contribution in [0.25, 0.3) is 10.9 Å². The van der Waals surface area contributed by atoms with E-state index in [-0.39, 0.29) is 17.1 Å². The molecule has 0 radical (unpaired) electrons. The topological polar surface area (TPSA) is 85.0 Å². The number of nitrogens with one attached hydrogen (secondary N) is 2. The van der Waals surface area contributed by atoms with Gasteiger partial charge < -0.3 is 20.2 Å². The van der Waals surface area contributed by atoms with Crippen LogP contribution in [0.2, 0.25) is 5.02 Å². The Bertz CT molecular complexity index is 952. The molecule has 0 bridgehead atoms. The van der Waals surface area contributed by atoms with Crippen LogP contribution in [0.4, 0.5) is 10.1 Å². The summed E-state index contributed by atoms with van der Waals surface area (Å²) in [5, 5.41) is 14.4. The Morgan fingerprint density at radius 2 is 1.96 bits per heavy atom. The number of carbonyl (C=O) groups excluding carboxylic acids is 2. The third-order valence-corrected chi connectivity index (χ3v) is 3.85. The monoisotopic (exact) mass is 345 g/mol. The minimum absolute atomic E-state index is 0.115. The number of anilines is 1. The van der Waals surface area contributed by atoms with Gasteiger partial charge in [-0.2, -0.15) is 0 Å². The van der Waals surface area contributed by atoms with E-state index in [0.29, 0.717) is 22.2 Å². The molecule has 5 nitrogen and oxygen atoms in total. The zero-order valence-electron chi connectivity index (χ0n) is 12.2. The lowest BCUT2D eigenvalue weighted by atomic mass is 10.1. The molecule has 3 aromatic rings. The zero-order chi connectivity index (χ0) is 17.3. The minimum Gasteiger partial charge on any atom is -0.543 e. The number of aromatic nitrogens is 1. The molecule has 1 amide bonds. The third-order valence-electron chi connectivity index (χ3n) is 3.56. The maximum Gasteiger partial charge on any atom is 0.228 e. The molecule has 24 heavy (non-hydrogen) atoms. The summed E-state index contributed by atoms with van der Waals surface area (Å²) >= 11 is 5.67. The fourth-order valence-electron chi connectivity index (χ4n) is 2.50. The van der Waals surface area contributed by atoms with Crippen molar-refractivity contribution in [1.82, 2.24) is 4.98 Å². The Morgan fingerprint density at radius 3 is 2.67 bits per heavy atom. The largest absolute Gasteiger partial charge is 0.543 e. The van der Waals surface area contributed by atoms with Crippen LogP contribution in [0, 0.1) is 5.82 Å². The predicted molar refractivity (Wildman–Crippen MR) is 86.4 cm³/mol. The lowest BCUT2D eigenvalue weighted by Crippen LogP contribution is -2.25. The van der Waals surface area contributed by atoms with Crippen molar-refractivity contribution < 1.29 is 19.1 Å². The lowest BCUT2D eigenvalue weighted by Gasteiger charge is -2.08. The summed E-state index contributed by atoms with van der Waals surface area (Å²) in [4.78, 5) is 26.2. The van der Waals surface area contributed by atoms with E-state index >= 15 is 0 Å². The van der Waals surface area contributed by atoms with Crippen molar-refractivity contribution >= 4 is 40.1 Å². The molecule has 7 heteroatoms. The summed E-state index contributed by atoms with van der Waals surface area (Å²) < 4.78 is 13.1. The first kappa shape index (κ1) is 16.0. The Labute approximate surface area is 141 Å². The standard InChI is InChI=1S/C17H12ClFN2O3/c18-12-7-9(5-6-13(12)19)20-15(22)8-11-10-3-1-2-4-14(10)21-16(11)17(23)24/h1-7,21H,8H2,(H,20,22)(H,23,24)/p-1. The maximum absolute atomic E-state index is 13.1. The molecule has 0 atom stereocenters. The molecule has 2 N–H and O–H groups in total. The van der Waals surface area contributed by atoms with Crippen molar-refractivity contribution in [3.05, 3.63) is 64.6 Å². The quantitative estimate of drug-likeness (QED) is 0.762. The molecule has 1 aromatic heterocycles. The van der Waals surface area contributed by atoms with Crippen LogP contribution in [0.1, 0.15) is 16.1 Å². The van der Waals surface area contributed by atoms with E-state index in [9.17, 15) is 19.1 Å². The molecule has 0 aliphatic carbocycles. The first-order valence-corrected chi connectivity index (χ1v) is 7.39. The molecule has 0 saturated carbocycles. The van der Waals surface area contributed by atoms with Gasteiger partial charge in [-0.05, 0) is 29.8 Å². The second-order valence-electron chi connectivity index (χ2n) is 5.17. The number of para-hydroxylation sites is 1. The number of benzene rings is 2. The number of rotatable bonds is 4. The highest BCUT2D eigenvalue weighted by atomic mass is 35.5. The van der Waals surface area contributed by atoms with E-state index in [4.69, 9.17) is 11.6 Å². The van der Waals surface area contributed by atoms with E-state index in [1.807, 2.05) is 0 Å². The summed E-state index contributed by atoms with van der Waals surface area (Å²) in [5.41, 5.74) is 1.12. The number of aromatic amines is 1. The van der Waals surface area contributed by atoms with Gasteiger partial charge in [-0.3, -0.25) is 4.79 Å². The van der Waals surface area contributed by atoms with Crippen molar-refractivity contribution in [3.63, 3.8) is 0 Å². The normalized spacial score (nSPS) is 10.8. The summed E-state index contributed by atoms with van der Waals surface area (Å²) in [6.07, 6.45) is -0.178. The van der Waals surface area contributed by atoms with Gasteiger partial charge in [-0.1, -0.05) is 29.8 Å². The number of carbonyl (C=O) groups is 2. The van der Waals surface area contributed by atoms with E-state index in [1.54, 1.807) is 24.3 Å². The first-order chi connectivity index (χ1) is 11.5. The average Bonchev–Trinajstić information content (AvgIpc) is 2.90. The van der Waals surface area contributed by atoms with Crippen molar-refractivity contribution in [3.8, 4) is 0 Å². The van der Waals surface area contributed by atoms with Gasteiger partial charge in [0.1, 0.15) is 5.82 Å². The Hall–Kier alpha value is -2.86. The van der Waals surface area contributed by atoms with Crippen molar-refractivity contribution in [2.75, 3.05) is 5.32 Å². The van der Waals surface area contributed by atoms with Crippen LogP contribution < -0.4 is 10.4 Å². The van der Waals surface area contributed by atoms with E-state index < -0.39 is 17.7 Å². The first-order valence-electron chi connectivity index (χ1n) is 7.01. The van der Waals surface area contributed by atoms with Gasteiger partial charge in [-0.15, -0.1) is 0 Å². The van der Waals surface area contributed by atoms with Gasteiger partial charge in [-0.25, -0.2) is 4.39 Å². The highest BCUT2D eigenvalue weighted by molar-refractivity contribution is 6.31. The van der Waals surface area contributed by atoms with Gasteiger partial charge in [0, 0.05) is 16.6 Å². The summed E-state index contributed by atoms with van der Waals surface area (Å²) in [7, 11) is 0. The summed E-state index contributed by atoms with van der Waals surface area (Å²) in [6.45, 7) is 0. The minimum atomic E-state index is -1.39. The lowest BCUT2D eigenvalue weighted by molar-refractivity contribution is -0.255. The average molecular weight is 346 g/mol. The molecule has 2 aromatic carbocycles. The Balaban J connectivity index is 1.88. The van der Waals surface area contributed by atoms with Gasteiger partial charge in [0.15, 0.2) is 0 Å². The Kier molecular flexibility index (Phi) is 4.22. The predicted octanol–water partition coefficient (Wildman–Crippen LogP) is 2.51. The number of aromatic carboxylic acids is 1. The van der Waals surface area contributed by atoms with Gasteiger partial charge in [0.05, 0.1) is 23.1 Å². The second kappa shape index (κ2) is 6.33. The number of fused-ring (bicyclic) bond motifs is 1. The molecule has 3 rings (SSSR count). The SMILES string of the molecule is O=C(Cc1c(C(=O)[O-])[nH]c2ccccc12)Nc1ccc(F)c(Cl)c1. The fraction of sp³-hybridized carbons (Fsp3) is 0.0588. The summed E-state index contributed by atoms with van der Waals surface area (Å²) in [5.74, 6) is -2.44. The van der Waals surface area contributed by atoms with Gasteiger partial charge >= 0.3 is 0 Å². The molecular formula is C17H11ClFN2O3-. The molecule has 0 fully saturated rings. The van der Waals surface area contributed by atoms with E-state index in [1.165, 1.54) is 12.1 Å². The highest BCUT2D eigenvalue weighted by Crippen LogP contribution is 2.24. The van der Waals surface area contributed by atoms with Gasteiger partial charge in [0.25, 0.3) is 0 Å². The molecule has 0 aliphatic heterocycles. The number of hydrogen-bond acceptors (Lipinski definition) is 3. The maximum atomic E-state index is 13.1. The number of carboxylic acids is 1. The number of H-pyrrole nitrogens is 1. The van der Waals surface area contributed by atoms with Crippen molar-refractivity contribution in [2.45, 2.75) is 6.42 Å². The molecule has 122 valence electrons. The zero-order valence-corrected chi connectivity index (χ0v) is 13.0. The van der Waals surface area contributed by atoms with Gasteiger partial charge in [0.2, 0.25) is 5.91 Å². The molecular weight excluding hydrogens is 335 g/mol. The molecule has 0 aliphatic rings. The molecule has 0 unspecified atom stereocenters. The number of hydrogen-bond donors (Lipinski definition) is 2. The number of amides is 1. The summed E-state index contributed by atoms with van der Waals surface area (Å²) in [6, 6.07) is 10.7.